The van der Waals surface area contributed by atoms with E-state index in [1.807, 2.05) is 6.07 Å². The molecular weight excluding hydrogens is 468 g/mol. The number of fused-ring (bicyclic) bond motifs is 1. The first-order chi connectivity index (χ1) is 16.7. The van der Waals surface area contributed by atoms with Gasteiger partial charge < -0.3 is 15.5 Å². The third-order valence-corrected chi connectivity index (χ3v) is 6.51. The number of likely N-dealkylation sites (tertiary alicyclic amines) is 2. The van der Waals surface area contributed by atoms with Gasteiger partial charge in [0.25, 0.3) is 11.8 Å². The van der Waals surface area contributed by atoms with Gasteiger partial charge in [0.15, 0.2) is 5.82 Å². The second kappa shape index (κ2) is 8.51. The molecule has 1 aromatic carbocycles. The van der Waals surface area contributed by atoms with E-state index in [2.05, 4.69) is 10.1 Å². The van der Waals surface area contributed by atoms with Crippen LogP contribution in [0.4, 0.5) is 23.4 Å². The lowest BCUT2D eigenvalue weighted by Gasteiger charge is -2.38. The van der Waals surface area contributed by atoms with Gasteiger partial charge in [-0.15, -0.1) is 0 Å². The molecule has 0 radical (unpaired) electrons. The lowest BCUT2D eigenvalue weighted by molar-refractivity contribution is -0.134. The molecule has 1 atom stereocenters. The number of pyridine rings is 1. The molecule has 2 aliphatic heterocycles. The molecule has 35 heavy (non-hydrogen) atoms. The lowest BCUT2D eigenvalue weighted by atomic mass is 9.93. The number of benzene rings is 1. The second-order valence-electron chi connectivity index (χ2n) is 8.95. The number of nitrogens with two attached hydrogens (primary N) is 1. The molecule has 2 N–H and O–H groups in total. The summed E-state index contributed by atoms with van der Waals surface area (Å²) in [5.74, 6) is -5.17. The Morgan fingerprint density at radius 1 is 1.20 bits per heavy atom. The molecule has 184 valence electrons. The van der Waals surface area contributed by atoms with E-state index in [-0.39, 0.29) is 36.9 Å². The Hall–Kier alpha value is -3.70. The molecule has 8 nitrogen and oxygen atoms in total. The molecule has 12 heteroatoms. The van der Waals surface area contributed by atoms with Crippen molar-refractivity contribution >= 4 is 28.5 Å². The number of amides is 2. The number of anilines is 1. The first-order valence-electron chi connectivity index (χ1n) is 11.1. The summed E-state index contributed by atoms with van der Waals surface area (Å²) in [7, 11) is 0. The van der Waals surface area contributed by atoms with Gasteiger partial charge in [-0.05, 0) is 12.1 Å². The lowest BCUT2D eigenvalue weighted by Crippen LogP contribution is -2.49. The van der Waals surface area contributed by atoms with Crippen LogP contribution in [0.1, 0.15) is 28.4 Å². The third kappa shape index (κ3) is 4.17. The van der Waals surface area contributed by atoms with Crippen LogP contribution in [0.15, 0.2) is 36.5 Å². The van der Waals surface area contributed by atoms with Crippen molar-refractivity contribution in [1.82, 2.24) is 24.6 Å². The minimum Gasteiger partial charge on any atom is -0.384 e. The van der Waals surface area contributed by atoms with E-state index < -0.39 is 49.2 Å². The van der Waals surface area contributed by atoms with Crippen LogP contribution in [-0.4, -0.2) is 74.7 Å². The van der Waals surface area contributed by atoms with E-state index in [1.165, 1.54) is 15.6 Å². The number of nitrogens with zero attached hydrogens (tertiary/aromatic N) is 5. The normalized spacial score (nSPS) is 19.8. The number of hydrogen-bond acceptors (Lipinski definition) is 5. The fourth-order valence-electron chi connectivity index (χ4n) is 4.73. The first-order valence-corrected chi connectivity index (χ1v) is 11.1. The van der Waals surface area contributed by atoms with E-state index in [4.69, 9.17) is 5.73 Å². The van der Waals surface area contributed by atoms with Crippen molar-refractivity contribution in [2.75, 3.05) is 32.0 Å². The third-order valence-electron chi connectivity index (χ3n) is 6.51. The number of aromatic nitrogens is 3. The number of carbonyl (C=O) groups is 2. The molecule has 2 saturated heterocycles. The molecule has 0 saturated carbocycles. The molecular formula is C23H22F4N6O2. The van der Waals surface area contributed by atoms with Crippen molar-refractivity contribution in [1.29, 1.82) is 0 Å². The highest BCUT2D eigenvalue weighted by Gasteiger charge is 2.47. The van der Waals surface area contributed by atoms with Gasteiger partial charge in [0, 0.05) is 30.8 Å². The van der Waals surface area contributed by atoms with E-state index in [0.717, 1.165) is 16.5 Å². The van der Waals surface area contributed by atoms with Gasteiger partial charge in [-0.2, -0.15) is 5.10 Å². The Bertz CT molecular complexity index is 1310. The number of halogens is 4. The predicted octanol–water partition coefficient (Wildman–Crippen LogP) is 2.60. The highest BCUT2D eigenvalue weighted by Crippen LogP contribution is 2.35. The molecule has 0 aliphatic carbocycles. The zero-order valence-electron chi connectivity index (χ0n) is 18.5. The smallest absolute Gasteiger partial charge is 0.267 e. The van der Waals surface area contributed by atoms with Crippen LogP contribution in [0.3, 0.4) is 0 Å². The van der Waals surface area contributed by atoms with Crippen LogP contribution >= 0.6 is 0 Å². The number of alkyl halides is 3. The molecule has 2 fully saturated rings. The highest BCUT2D eigenvalue weighted by molar-refractivity contribution is 5.96. The number of para-hydroxylation sites is 1. The van der Waals surface area contributed by atoms with E-state index in [0.29, 0.717) is 11.2 Å². The molecule has 2 aromatic heterocycles. The summed E-state index contributed by atoms with van der Waals surface area (Å²) in [6.07, 6.45) is 0.200. The van der Waals surface area contributed by atoms with Crippen molar-refractivity contribution in [3.05, 3.63) is 53.6 Å². The predicted molar refractivity (Wildman–Crippen MR) is 118 cm³/mol. The molecule has 0 bridgehead atoms. The minimum absolute atomic E-state index is 0.0343. The van der Waals surface area contributed by atoms with Crippen LogP contribution < -0.4 is 5.73 Å². The van der Waals surface area contributed by atoms with Crippen LogP contribution in [0.5, 0.6) is 0 Å². The Morgan fingerprint density at radius 2 is 1.94 bits per heavy atom. The quantitative estimate of drug-likeness (QED) is 0.555. The van der Waals surface area contributed by atoms with Gasteiger partial charge in [0.05, 0.1) is 35.6 Å². The summed E-state index contributed by atoms with van der Waals surface area (Å²) in [6.45, 7) is -1.62. The Morgan fingerprint density at radius 3 is 2.69 bits per heavy atom. The number of hydrogen-bond donors (Lipinski definition) is 1. The number of nitrogen functional groups attached to an aromatic ring is 1. The summed E-state index contributed by atoms with van der Waals surface area (Å²) in [6, 6.07) is 7.16. The first kappa shape index (κ1) is 23.1. The maximum atomic E-state index is 14.0. The average molecular weight is 490 g/mol. The summed E-state index contributed by atoms with van der Waals surface area (Å²) < 4.78 is 56.3. The van der Waals surface area contributed by atoms with Gasteiger partial charge in [-0.25, -0.2) is 22.5 Å². The molecule has 0 unspecified atom stereocenters. The molecule has 4 heterocycles. The van der Waals surface area contributed by atoms with Crippen molar-refractivity contribution in [3.63, 3.8) is 0 Å². The van der Waals surface area contributed by atoms with Gasteiger partial charge in [-0.1, -0.05) is 18.2 Å². The fourth-order valence-corrected chi connectivity index (χ4v) is 4.73. The largest absolute Gasteiger partial charge is 0.384 e. The monoisotopic (exact) mass is 490 g/mol. The van der Waals surface area contributed by atoms with Crippen molar-refractivity contribution < 1.29 is 27.2 Å². The Labute approximate surface area is 197 Å². The molecule has 5 rings (SSSR count). The standard InChI is InChI=1S/C23H22F4N6O2/c24-7-14-6-23(26,27)12-32(14)20(34)11-33-18-4-2-1-3-15(18)21(30-33)13-9-31(10-13)22(35)16-5-19(28)29-8-17(16)25/h1-5,8,13-14H,6-7,9-12H2,(H2,28,29)/t14-/m0/s1. The van der Waals surface area contributed by atoms with Gasteiger partial charge in [-0.3, -0.25) is 14.3 Å². The van der Waals surface area contributed by atoms with E-state index in [1.54, 1.807) is 18.2 Å². The fraction of sp³-hybridized carbons (Fsp3) is 0.391. The molecule has 2 amide bonds. The van der Waals surface area contributed by atoms with Gasteiger partial charge >= 0.3 is 0 Å². The van der Waals surface area contributed by atoms with Crippen LogP contribution in [0.25, 0.3) is 10.9 Å². The summed E-state index contributed by atoms with van der Waals surface area (Å²) in [5, 5.41) is 5.31. The highest BCUT2D eigenvalue weighted by atomic mass is 19.3. The van der Waals surface area contributed by atoms with Gasteiger partial charge in [0.1, 0.15) is 19.0 Å². The second-order valence-corrected chi connectivity index (χ2v) is 8.95. The van der Waals surface area contributed by atoms with Crippen molar-refractivity contribution in [3.8, 4) is 0 Å². The van der Waals surface area contributed by atoms with Crippen molar-refractivity contribution in [2.24, 2.45) is 0 Å². The zero-order chi connectivity index (χ0) is 24.9. The number of carbonyl (C=O) groups excluding carboxylic acids is 2. The topological polar surface area (TPSA) is 97.3 Å². The molecule has 3 aromatic rings. The van der Waals surface area contributed by atoms with Crippen LogP contribution in [0, 0.1) is 5.82 Å². The summed E-state index contributed by atoms with van der Waals surface area (Å²) in [4.78, 5) is 31.4. The van der Waals surface area contributed by atoms with Crippen LogP contribution in [0.2, 0.25) is 0 Å². The Kier molecular flexibility index (Phi) is 5.60. The maximum Gasteiger partial charge on any atom is 0.267 e. The molecule has 0 spiro atoms. The maximum absolute atomic E-state index is 14.0. The number of rotatable bonds is 5. The SMILES string of the molecule is Nc1cc(C(=O)N2CC(c3nn(CC(=O)N4CC(F)(F)C[C@H]4CF)c4ccccc34)C2)c(F)cn1. The van der Waals surface area contributed by atoms with Crippen molar-refractivity contribution in [2.45, 2.75) is 30.8 Å². The molecule has 2 aliphatic rings. The Balaban J connectivity index is 1.34. The average Bonchev–Trinajstić information content (AvgIpc) is 3.31. The van der Waals surface area contributed by atoms with E-state index >= 15 is 0 Å². The van der Waals surface area contributed by atoms with Gasteiger partial charge in [0.2, 0.25) is 5.91 Å². The zero-order valence-corrected chi connectivity index (χ0v) is 18.5. The minimum atomic E-state index is -3.12. The summed E-state index contributed by atoms with van der Waals surface area (Å²) in [5.41, 5.74) is 6.67. The van der Waals surface area contributed by atoms with E-state index in [9.17, 15) is 27.2 Å². The summed E-state index contributed by atoms with van der Waals surface area (Å²) >= 11 is 0. The van der Waals surface area contributed by atoms with Crippen LogP contribution in [-0.2, 0) is 11.3 Å².